The minimum absolute atomic E-state index is 0.119. The summed E-state index contributed by atoms with van der Waals surface area (Å²) in [5.74, 6) is 0. The lowest BCUT2D eigenvalue weighted by Gasteiger charge is -2.06. The molecule has 0 atom stereocenters. The second kappa shape index (κ2) is 8.08. The molecular weight excluding hydrogens is 390 g/mol. The number of pyridine rings is 1. The molecule has 0 fully saturated rings. The minimum atomic E-state index is -0.119. The Morgan fingerprint density at radius 1 is 0.806 bits per heavy atom. The zero-order valence-corrected chi connectivity index (χ0v) is 17.0. The zero-order valence-electron chi connectivity index (χ0n) is 17.0. The molecule has 8 heteroatoms. The number of aliphatic hydroxyl groups is 1. The van der Waals surface area contributed by atoms with E-state index < -0.39 is 0 Å². The van der Waals surface area contributed by atoms with Crippen molar-refractivity contribution in [2.24, 2.45) is 0 Å². The smallest absolute Gasteiger partial charge is 0.113 e. The summed E-state index contributed by atoms with van der Waals surface area (Å²) < 4.78 is 3.52. The van der Waals surface area contributed by atoms with Crippen LogP contribution in [0.2, 0.25) is 0 Å². The molecule has 154 valence electrons. The van der Waals surface area contributed by atoms with E-state index in [0.717, 1.165) is 33.4 Å². The molecule has 0 aliphatic rings. The molecule has 5 aromatic rings. The monoisotopic (exact) mass is 411 g/mol. The van der Waals surface area contributed by atoms with Gasteiger partial charge >= 0.3 is 0 Å². The first kappa shape index (κ1) is 19.1. The Labute approximate surface area is 178 Å². The summed E-state index contributed by atoms with van der Waals surface area (Å²) in [5, 5.41) is 26.7. The van der Waals surface area contributed by atoms with Gasteiger partial charge in [0.25, 0.3) is 0 Å². The fourth-order valence-corrected chi connectivity index (χ4v) is 3.48. The van der Waals surface area contributed by atoms with Crippen LogP contribution in [0.5, 0.6) is 0 Å². The van der Waals surface area contributed by atoms with Crippen LogP contribution in [-0.4, -0.2) is 40.1 Å². The van der Waals surface area contributed by atoms with Gasteiger partial charge in [0.2, 0.25) is 0 Å². The van der Waals surface area contributed by atoms with Crippen molar-refractivity contribution in [1.82, 2.24) is 35.0 Å². The highest BCUT2D eigenvalue weighted by molar-refractivity contribution is 5.79. The van der Waals surface area contributed by atoms with Crippen molar-refractivity contribution < 1.29 is 5.11 Å². The third-order valence-electron chi connectivity index (χ3n) is 5.11. The van der Waals surface area contributed by atoms with E-state index in [-0.39, 0.29) is 6.61 Å². The molecule has 0 saturated carbocycles. The fourth-order valence-electron chi connectivity index (χ4n) is 3.48. The van der Waals surface area contributed by atoms with Crippen molar-refractivity contribution in [2.45, 2.75) is 26.6 Å². The Morgan fingerprint density at radius 2 is 1.61 bits per heavy atom. The van der Waals surface area contributed by atoms with Crippen molar-refractivity contribution in [3.63, 3.8) is 0 Å². The number of hydrogen-bond acceptors (Lipinski definition) is 6. The molecule has 0 radical (unpaired) electrons. The molecule has 0 unspecified atom stereocenters. The summed E-state index contributed by atoms with van der Waals surface area (Å²) in [4.78, 5) is 4.72. The van der Waals surface area contributed by atoms with E-state index in [9.17, 15) is 0 Å². The van der Waals surface area contributed by atoms with Gasteiger partial charge in [-0.05, 0) is 30.7 Å². The quantitative estimate of drug-likeness (QED) is 0.462. The number of fused-ring (bicyclic) bond motifs is 1. The molecule has 0 amide bonds. The maximum absolute atomic E-state index is 9.12. The van der Waals surface area contributed by atoms with Crippen LogP contribution < -0.4 is 0 Å². The molecule has 0 aliphatic carbocycles. The van der Waals surface area contributed by atoms with E-state index in [1.165, 1.54) is 5.56 Å². The lowest BCUT2D eigenvalue weighted by molar-refractivity contribution is 0.276. The second-order valence-electron chi connectivity index (χ2n) is 7.56. The standard InChI is InChI=1S/C23H21N7O/c1-16-2-5-18(6-3-16)23-14-29(28-26-23)11-17-4-9-22-19(10-17)7-8-20(24-22)12-30-13-21(15-31)25-27-30/h2-10,13-14,31H,11-12,15H2,1H3. The number of benzene rings is 2. The van der Waals surface area contributed by atoms with Crippen molar-refractivity contribution in [3.8, 4) is 11.3 Å². The number of rotatable bonds is 6. The third-order valence-corrected chi connectivity index (χ3v) is 5.11. The van der Waals surface area contributed by atoms with E-state index in [1.54, 1.807) is 10.9 Å². The highest BCUT2D eigenvalue weighted by Crippen LogP contribution is 2.19. The van der Waals surface area contributed by atoms with Crippen LogP contribution >= 0.6 is 0 Å². The predicted octanol–water partition coefficient (Wildman–Crippen LogP) is 2.98. The van der Waals surface area contributed by atoms with Crippen molar-refractivity contribution >= 4 is 10.9 Å². The molecular formula is C23H21N7O. The van der Waals surface area contributed by atoms with Gasteiger partial charge in [0, 0.05) is 10.9 Å². The van der Waals surface area contributed by atoms with E-state index in [2.05, 4.69) is 70.0 Å². The first-order chi connectivity index (χ1) is 15.2. The van der Waals surface area contributed by atoms with Crippen LogP contribution in [-0.2, 0) is 19.7 Å². The summed E-state index contributed by atoms with van der Waals surface area (Å²) in [5.41, 5.74) is 6.63. The Bertz CT molecular complexity index is 1340. The summed E-state index contributed by atoms with van der Waals surface area (Å²) >= 11 is 0. The molecule has 31 heavy (non-hydrogen) atoms. The average molecular weight is 411 g/mol. The number of nitrogens with zero attached hydrogens (tertiary/aromatic N) is 7. The van der Waals surface area contributed by atoms with E-state index in [1.807, 2.05) is 23.0 Å². The third kappa shape index (κ3) is 4.19. The summed E-state index contributed by atoms with van der Waals surface area (Å²) in [7, 11) is 0. The first-order valence-corrected chi connectivity index (χ1v) is 10.0. The summed E-state index contributed by atoms with van der Waals surface area (Å²) in [6.07, 6.45) is 3.69. The fraction of sp³-hybridized carbons (Fsp3) is 0.174. The van der Waals surface area contributed by atoms with Gasteiger partial charge in [0.05, 0.1) is 43.3 Å². The maximum Gasteiger partial charge on any atom is 0.113 e. The van der Waals surface area contributed by atoms with Gasteiger partial charge < -0.3 is 5.11 Å². The normalized spacial score (nSPS) is 11.3. The molecule has 5 rings (SSSR count). The van der Waals surface area contributed by atoms with Crippen molar-refractivity contribution in [3.05, 3.63) is 89.5 Å². The predicted molar refractivity (Wildman–Crippen MR) is 116 cm³/mol. The van der Waals surface area contributed by atoms with Crippen LogP contribution in [0.4, 0.5) is 0 Å². The van der Waals surface area contributed by atoms with Crippen LogP contribution in [0.15, 0.2) is 67.0 Å². The van der Waals surface area contributed by atoms with E-state index in [0.29, 0.717) is 18.8 Å². The van der Waals surface area contributed by atoms with Crippen molar-refractivity contribution in [1.29, 1.82) is 0 Å². The molecule has 3 aromatic heterocycles. The van der Waals surface area contributed by atoms with Gasteiger partial charge in [0.1, 0.15) is 11.4 Å². The van der Waals surface area contributed by atoms with E-state index in [4.69, 9.17) is 10.1 Å². The second-order valence-corrected chi connectivity index (χ2v) is 7.56. The topological polar surface area (TPSA) is 94.5 Å². The Morgan fingerprint density at radius 3 is 2.42 bits per heavy atom. The minimum Gasteiger partial charge on any atom is -0.390 e. The molecule has 2 aromatic carbocycles. The van der Waals surface area contributed by atoms with E-state index >= 15 is 0 Å². The highest BCUT2D eigenvalue weighted by atomic mass is 16.3. The van der Waals surface area contributed by atoms with Gasteiger partial charge in [-0.25, -0.2) is 9.36 Å². The molecule has 0 bridgehead atoms. The maximum atomic E-state index is 9.12. The van der Waals surface area contributed by atoms with Gasteiger partial charge in [-0.15, -0.1) is 10.2 Å². The Balaban J connectivity index is 1.32. The molecule has 8 nitrogen and oxygen atoms in total. The lowest BCUT2D eigenvalue weighted by atomic mass is 10.1. The molecule has 0 aliphatic heterocycles. The highest BCUT2D eigenvalue weighted by Gasteiger charge is 2.07. The zero-order chi connectivity index (χ0) is 21.2. The SMILES string of the molecule is Cc1ccc(-c2cn(Cc3ccc4nc(Cn5cc(CO)nn5)ccc4c3)nn2)cc1. The number of aryl methyl sites for hydroxylation is 1. The Hall–Kier alpha value is -3.91. The number of aromatic nitrogens is 7. The summed E-state index contributed by atoms with van der Waals surface area (Å²) in [6, 6.07) is 18.5. The number of hydrogen-bond donors (Lipinski definition) is 1. The largest absolute Gasteiger partial charge is 0.390 e. The van der Waals surface area contributed by atoms with Crippen LogP contribution in [0, 0.1) is 6.92 Å². The van der Waals surface area contributed by atoms with Gasteiger partial charge in [-0.2, -0.15) is 0 Å². The average Bonchev–Trinajstić information content (AvgIpc) is 3.44. The molecule has 1 N–H and O–H groups in total. The van der Waals surface area contributed by atoms with Gasteiger partial charge in [-0.1, -0.05) is 52.4 Å². The van der Waals surface area contributed by atoms with Crippen LogP contribution in [0.25, 0.3) is 22.2 Å². The van der Waals surface area contributed by atoms with Gasteiger partial charge in [-0.3, -0.25) is 4.98 Å². The van der Waals surface area contributed by atoms with Gasteiger partial charge in [0.15, 0.2) is 0 Å². The summed E-state index contributed by atoms with van der Waals surface area (Å²) in [6.45, 7) is 3.09. The Kier molecular flexibility index (Phi) is 4.97. The van der Waals surface area contributed by atoms with Crippen LogP contribution in [0.3, 0.4) is 0 Å². The molecule has 3 heterocycles. The lowest BCUT2D eigenvalue weighted by Crippen LogP contribution is -2.03. The van der Waals surface area contributed by atoms with Crippen LogP contribution in [0.1, 0.15) is 22.5 Å². The molecule has 0 saturated heterocycles. The first-order valence-electron chi connectivity index (χ1n) is 10.0. The molecule has 0 spiro atoms. The van der Waals surface area contributed by atoms with Crippen molar-refractivity contribution in [2.75, 3.05) is 0 Å². The number of aliphatic hydroxyl groups excluding tert-OH is 1.